The van der Waals surface area contributed by atoms with E-state index in [1.54, 1.807) is 16.2 Å². The zero-order valence-corrected chi connectivity index (χ0v) is 14.7. The summed E-state index contributed by atoms with van der Waals surface area (Å²) in [5.74, 6) is 0. The quantitative estimate of drug-likeness (QED) is 0.843. The number of likely N-dealkylation sites (tertiary alicyclic amines) is 1. The molecule has 1 amide bonds. The Labute approximate surface area is 136 Å². The van der Waals surface area contributed by atoms with E-state index in [0.717, 1.165) is 25.0 Å². The number of hydrogen-bond acceptors (Lipinski definition) is 5. The second-order valence-electron chi connectivity index (χ2n) is 6.77. The van der Waals surface area contributed by atoms with Gasteiger partial charge in [0.15, 0.2) is 0 Å². The molecular weight excluding hydrogens is 300 g/mol. The molecule has 0 atom stereocenters. The molecule has 0 saturated carbocycles. The molecule has 1 saturated heterocycles. The first-order chi connectivity index (χ1) is 10.3. The number of piperidine rings is 1. The minimum atomic E-state index is -0.447. The van der Waals surface area contributed by atoms with E-state index in [0.29, 0.717) is 19.7 Å². The van der Waals surface area contributed by atoms with Crippen molar-refractivity contribution in [3.05, 3.63) is 16.6 Å². The molecule has 1 aromatic rings. The van der Waals surface area contributed by atoms with Crippen molar-refractivity contribution in [2.24, 2.45) is 0 Å². The van der Waals surface area contributed by atoms with Crippen LogP contribution in [0.3, 0.4) is 0 Å². The number of aromatic nitrogens is 1. The summed E-state index contributed by atoms with van der Waals surface area (Å²) in [6.45, 7) is 9.72. The maximum Gasteiger partial charge on any atom is 0.410 e. The Morgan fingerprint density at radius 3 is 2.59 bits per heavy atom. The first-order valence-corrected chi connectivity index (χ1v) is 8.77. The van der Waals surface area contributed by atoms with E-state index in [2.05, 4.69) is 11.9 Å². The number of rotatable bonds is 4. The van der Waals surface area contributed by atoms with E-state index in [1.165, 1.54) is 0 Å². The second kappa shape index (κ2) is 6.96. The molecular formula is C16H26N2O3S. The predicted molar refractivity (Wildman–Crippen MR) is 87.0 cm³/mol. The molecule has 1 aliphatic rings. The molecule has 0 aromatic carbocycles. The average molecular weight is 326 g/mol. The van der Waals surface area contributed by atoms with E-state index in [1.807, 2.05) is 31.7 Å². The summed E-state index contributed by atoms with van der Waals surface area (Å²) in [6.07, 6.45) is 2.40. The lowest BCUT2D eigenvalue weighted by Gasteiger charge is -2.41. The van der Waals surface area contributed by atoms with Gasteiger partial charge >= 0.3 is 6.09 Å². The number of thiazole rings is 1. The number of carbonyl (C=O) groups excluding carboxylic acids is 1. The van der Waals surface area contributed by atoms with Crippen LogP contribution in [-0.2, 0) is 16.1 Å². The van der Waals surface area contributed by atoms with E-state index >= 15 is 0 Å². The highest BCUT2D eigenvalue weighted by Gasteiger charge is 2.36. The lowest BCUT2D eigenvalue weighted by molar-refractivity contribution is -0.0962. The van der Waals surface area contributed by atoms with Crippen LogP contribution in [0.15, 0.2) is 10.9 Å². The first-order valence-electron chi connectivity index (χ1n) is 7.82. The van der Waals surface area contributed by atoms with E-state index < -0.39 is 5.60 Å². The topological polar surface area (TPSA) is 51.7 Å². The fourth-order valence-electron chi connectivity index (χ4n) is 2.56. The summed E-state index contributed by atoms with van der Waals surface area (Å²) < 4.78 is 11.6. The Bertz CT molecular complexity index is 474. The lowest BCUT2D eigenvalue weighted by atomic mass is 9.88. The molecule has 22 heavy (non-hydrogen) atoms. The number of hydrogen-bond donors (Lipinski definition) is 0. The molecule has 1 aliphatic heterocycles. The van der Waals surface area contributed by atoms with E-state index in [9.17, 15) is 4.79 Å². The SMILES string of the molecule is CCC1(OCc2cscn2)CCN(C(=O)OC(C)(C)C)CC1. The van der Waals surface area contributed by atoms with Gasteiger partial charge in [0.2, 0.25) is 0 Å². The minimum Gasteiger partial charge on any atom is -0.444 e. The molecule has 124 valence electrons. The summed E-state index contributed by atoms with van der Waals surface area (Å²) in [7, 11) is 0. The third-order valence-electron chi connectivity index (χ3n) is 3.98. The van der Waals surface area contributed by atoms with Gasteiger partial charge in [0.1, 0.15) is 5.60 Å². The Hall–Kier alpha value is -1.14. The van der Waals surface area contributed by atoms with Gasteiger partial charge in [-0.1, -0.05) is 6.92 Å². The van der Waals surface area contributed by atoms with Crippen LogP contribution in [0.25, 0.3) is 0 Å². The highest BCUT2D eigenvalue weighted by molar-refractivity contribution is 7.07. The number of ether oxygens (including phenoxy) is 2. The molecule has 0 aliphatic carbocycles. The monoisotopic (exact) mass is 326 g/mol. The Kier molecular flexibility index (Phi) is 5.45. The van der Waals surface area contributed by atoms with Crippen LogP contribution >= 0.6 is 11.3 Å². The number of carbonyl (C=O) groups is 1. The second-order valence-corrected chi connectivity index (χ2v) is 7.49. The zero-order valence-electron chi connectivity index (χ0n) is 13.9. The molecule has 1 aromatic heterocycles. The fourth-order valence-corrected chi connectivity index (χ4v) is 3.10. The van der Waals surface area contributed by atoms with Crippen LogP contribution in [0.2, 0.25) is 0 Å². The van der Waals surface area contributed by atoms with Crippen molar-refractivity contribution in [1.82, 2.24) is 9.88 Å². The molecule has 2 heterocycles. The summed E-state index contributed by atoms with van der Waals surface area (Å²) in [6, 6.07) is 0. The Morgan fingerprint density at radius 2 is 2.09 bits per heavy atom. The van der Waals surface area contributed by atoms with E-state index in [-0.39, 0.29) is 11.7 Å². The van der Waals surface area contributed by atoms with Gasteiger partial charge in [-0.25, -0.2) is 9.78 Å². The van der Waals surface area contributed by atoms with Crippen molar-refractivity contribution in [3.63, 3.8) is 0 Å². The van der Waals surface area contributed by atoms with Crippen molar-refractivity contribution in [2.75, 3.05) is 13.1 Å². The van der Waals surface area contributed by atoms with Gasteiger partial charge in [-0.3, -0.25) is 0 Å². The van der Waals surface area contributed by atoms with Gasteiger partial charge < -0.3 is 14.4 Å². The molecule has 2 rings (SSSR count). The van der Waals surface area contributed by atoms with Crippen molar-refractivity contribution >= 4 is 17.4 Å². The standard InChI is InChI=1S/C16H26N2O3S/c1-5-16(20-10-13-11-22-12-17-13)6-8-18(9-7-16)14(19)21-15(2,3)4/h11-12H,5-10H2,1-4H3. The molecule has 6 heteroatoms. The molecule has 0 spiro atoms. The maximum absolute atomic E-state index is 12.1. The molecule has 0 radical (unpaired) electrons. The zero-order chi connectivity index (χ0) is 16.2. The molecule has 1 fully saturated rings. The van der Waals surface area contributed by atoms with Gasteiger partial charge in [0.05, 0.1) is 23.4 Å². The average Bonchev–Trinajstić information content (AvgIpc) is 2.97. The molecule has 5 nitrogen and oxygen atoms in total. The first kappa shape index (κ1) is 17.2. The van der Waals surface area contributed by atoms with Crippen LogP contribution < -0.4 is 0 Å². The van der Waals surface area contributed by atoms with Crippen molar-refractivity contribution < 1.29 is 14.3 Å². The van der Waals surface area contributed by atoms with Crippen molar-refractivity contribution in [3.8, 4) is 0 Å². The summed E-state index contributed by atoms with van der Waals surface area (Å²) in [4.78, 5) is 18.2. The van der Waals surface area contributed by atoms with Crippen LogP contribution in [0.4, 0.5) is 4.79 Å². The lowest BCUT2D eigenvalue weighted by Crippen LogP contribution is -2.49. The van der Waals surface area contributed by atoms with Crippen LogP contribution in [0.5, 0.6) is 0 Å². The minimum absolute atomic E-state index is 0.151. The third-order valence-corrected chi connectivity index (χ3v) is 4.62. The largest absolute Gasteiger partial charge is 0.444 e. The molecule has 0 unspecified atom stereocenters. The number of nitrogens with zero attached hydrogens (tertiary/aromatic N) is 2. The van der Waals surface area contributed by atoms with E-state index in [4.69, 9.17) is 9.47 Å². The van der Waals surface area contributed by atoms with Crippen LogP contribution in [-0.4, -0.2) is 40.3 Å². The predicted octanol–water partition coefficient (Wildman–Crippen LogP) is 3.84. The summed E-state index contributed by atoms with van der Waals surface area (Å²) in [5.41, 5.74) is 2.20. The van der Waals surface area contributed by atoms with Gasteiger partial charge in [0.25, 0.3) is 0 Å². The normalized spacial score (nSPS) is 18.3. The van der Waals surface area contributed by atoms with Crippen LogP contribution in [0.1, 0.15) is 52.7 Å². The maximum atomic E-state index is 12.1. The van der Waals surface area contributed by atoms with Gasteiger partial charge in [0, 0.05) is 18.5 Å². The summed E-state index contributed by atoms with van der Waals surface area (Å²) in [5, 5.41) is 2.01. The third kappa shape index (κ3) is 4.68. The highest BCUT2D eigenvalue weighted by atomic mass is 32.1. The Balaban J connectivity index is 1.86. The smallest absolute Gasteiger partial charge is 0.410 e. The molecule has 0 bridgehead atoms. The highest BCUT2D eigenvalue weighted by Crippen LogP contribution is 2.31. The van der Waals surface area contributed by atoms with Gasteiger partial charge in [-0.15, -0.1) is 11.3 Å². The van der Waals surface area contributed by atoms with Gasteiger partial charge in [-0.05, 0) is 40.0 Å². The van der Waals surface area contributed by atoms with Gasteiger partial charge in [-0.2, -0.15) is 0 Å². The van der Waals surface area contributed by atoms with Crippen molar-refractivity contribution in [2.45, 2.75) is 64.8 Å². The Morgan fingerprint density at radius 1 is 1.41 bits per heavy atom. The number of amides is 1. The van der Waals surface area contributed by atoms with Crippen molar-refractivity contribution in [1.29, 1.82) is 0 Å². The molecule has 0 N–H and O–H groups in total. The van der Waals surface area contributed by atoms with Crippen LogP contribution in [0, 0.1) is 0 Å². The fraction of sp³-hybridized carbons (Fsp3) is 0.750. The summed E-state index contributed by atoms with van der Waals surface area (Å²) >= 11 is 1.58.